The first-order chi connectivity index (χ1) is 18.0. The number of hydrogen-bond acceptors (Lipinski definition) is 9. The lowest BCUT2D eigenvalue weighted by molar-refractivity contribution is -0.219. The molecule has 0 aliphatic rings. The molecule has 0 spiro atoms. The number of rotatable bonds is 9. The van der Waals surface area contributed by atoms with Crippen molar-refractivity contribution < 1.29 is 49.1 Å². The molecule has 0 saturated carbocycles. The van der Waals surface area contributed by atoms with Crippen molar-refractivity contribution in [1.29, 1.82) is 0 Å². The molecule has 10 nitrogen and oxygen atoms in total. The number of sulfonamides is 1. The van der Waals surface area contributed by atoms with E-state index >= 15 is 0 Å². The summed E-state index contributed by atoms with van der Waals surface area (Å²) in [6, 6.07) is 10.1. The van der Waals surface area contributed by atoms with Gasteiger partial charge in [0.2, 0.25) is 0 Å². The largest absolute Gasteiger partial charge is 0.492 e. The fourth-order valence-corrected chi connectivity index (χ4v) is 3.83. The number of nitrogens with one attached hydrogen (secondary N) is 2. The first kappa shape index (κ1) is 29.7. The summed E-state index contributed by atoms with van der Waals surface area (Å²) in [6.07, 6.45) is -9.16. The van der Waals surface area contributed by atoms with Gasteiger partial charge in [-0.25, -0.2) is 23.2 Å². The van der Waals surface area contributed by atoms with Gasteiger partial charge in [0.1, 0.15) is 23.7 Å². The molecule has 1 heterocycles. The van der Waals surface area contributed by atoms with Crippen molar-refractivity contribution in [2.24, 2.45) is 0 Å². The summed E-state index contributed by atoms with van der Waals surface area (Å²) < 4.78 is 106. The average Bonchev–Trinajstić information content (AvgIpc) is 2.83. The maximum atomic E-state index is 12.8. The number of hydrogen-bond donors (Lipinski definition) is 2. The van der Waals surface area contributed by atoms with E-state index in [9.17, 15) is 39.6 Å². The van der Waals surface area contributed by atoms with Crippen LogP contribution in [0.4, 0.5) is 49.4 Å². The van der Waals surface area contributed by atoms with Crippen molar-refractivity contribution in [2.75, 3.05) is 24.3 Å². The number of ether oxygens (including phenoxy) is 1. The number of benzene rings is 2. The molecule has 0 radical (unpaired) electrons. The summed E-state index contributed by atoms with van der Waals surface area (Å²) in [5, 5.41) is 5.99. The van der Waals surface area contributed by atoms with Crippen LogP contribution in [0.1, 0.15) is 0 Å². The Bertz CT molecular complexity index is 1440. The van der Waals surface area contributed by atoms with Gasteiger partial charge in [0.25, 0.3) is 10.0 Å². The fraction of sp³-hybridized carbons (Fsp3) is 0.190. The van der Waals surface area contributed by atoms with Crippen LogP contribution in [0.5, 0.6) is 5.75 Å². The van der Waals surface area contributed by atoms with Crippen molar-refractivity contribution >= 4 is 50.6 Å². The van der Waals surface area contributed by atoms with Gasteiger partial charge in [0, 0.05) is 23.8 Å². The molecule has 18 heteroatoms. The zero-order chi connectivity index (χ0) is 29.0. The molecule has 2 aromatic carbocycles. The second-order valence-corrected chi connectivity index (χ2v) is 9.77. The van der Waals surface area contributed by atoms with Gasteiger partial charge in [-0.1, -0.05) is 11.6 Å². The quantitative estimate of drug-likeness (QED) is 0.252. The third-order valence-electron chi connectivity index (χ3n) is 4.47. The van der Waals surface area contributed by atoms with Gasteiger partial charge in [0.05, 0.1) is 10.6 Å². The van der Waals surface area contributed by atoms with Crippen molar-refractivity contribution in [3.05, 3.63) is 59.9 Å². The highest BCUT2D eigenvalue weighted by Crippen LogP contribution is 2.33. The second kappa shape index (κ2) is 11.5. The van der Waals surface area contributed by atoms with Gasteiger partial charge in [-0.3, -0.25) is 0 Å². The Kier molecular flexibility index (Phi) is 8.77. The van der Waals surface area contributed by atoms with Crippen LogP contribution in [0.25, 0.3) is 0 Å². The molecular weight excluding hydrogens is 584 g/mol. The number of alkyl halides is 6. The Labute approximate surface area is 221 Å². The minimum absolute atomic E-state index is 0.0373. The second-order valence-electron chi connectivity index (χ2n) is 7.40. The van der Waals surface area contributed by atoms with E-state index in [1.54, 1.807) is 24.3 Å². The van der Waals surface area contributed by atoms with Gasteiger partial charge >= 0.3 is 18.3 Å². The Morgan fingerprint density at radius 1 is 0.974 bits per heavy atom. The number of carbonyl (C=O) groups excluding carboxylic acids is 1. The lowest BCUT2D eigenvalue weighted by atomic mass is 10.3. The Morgan fingerprint density at radius 3 is 2.18 bits per heavy atom. The van der Waals surface area contributed by atoms with E-state index in [4.69, 9.17) is 16.3 Å². The van der Waals surface area contributed by atoms with Crippen molar-refractivity contribution in [1.82, 2.24) is 14.4 Å². The zero-order valence-electron chi connectivity index (χ0n) is 19.3. The average molecular weight is 600 g/mol. The van der Waals surface area contributed by atoms with Crippen LogP contribution in [0.3, 0.4) is 0 Å². The van der Waals surface area contributed by atoms with Crippen LogP contribution < -0.4 is 15.4 Å². The third-order valence-corrected chi connectivity index (χ3v) is 6.32. The van der Waals surface area contributed by atoms with Crippen molar-refractivity contribution in [3.63, 3.8) is 0 Å². The fourth-order valence-electron chi connectivity index (χ4n) is 2.73. The normalized spacial score (nSPS) is 12.2. The number of anilines is 4. The van der Waals surface area contributed by atoms with E-state index in [-0.39, 0.29) is 21.8 Å². The maximum Gasteiger partial charge on any atom is 0.492 e. The van der Waals surface area contributed by atoms with Gasteiger partial charge in [-0.05, 0) is 46.9 Å². The number of aromatic nitrogens is 2. The van der Waals surface area contributed by atoms with Crippen LogP contribution in [-0.4, -0.2) is 54.8 Å². The summed E-state index contributed by atoms with van der Waals surface area (Å²) in [4.78, 5) is 22.1. The Morgan fingerprint density at radius 2 is 1.59 bits per heavy atom. The van der Waals surface area contributed by atoms with E-state index in [1.807, 2.05) is 0 Å². The van der Waals surface area contributed by atoms with E-state index in [1.165, 1.54) is 6.07 Å². The molecule has 0 aliphatic carbocycles. The van der Waals surface area contributed by atoms with E-state index in [0.717, 1.165) is 24.5 Å². The van der Waals surface area contributed by atoms with Crippen LogP contribution in [0.15, 0.2) is 59.8 Å². The maximum absolute atomic E-state index is 12.8. The van der Waals surface area contributed by atoms with E-state index in [2.05, 4.69) is 25.4 Å². The predicted octanol–water partition coefficient (Wildman–Crippen LogP) is 5.20. The van der Waals surface area contributed by atoms with Gasteiger partial charge in [-0.15, -0.1) is 0 Å². The molecule has 0 fully saturated rings. The van der Waals surface area contributed by atoms with Crippen molar-refractivity contribution in [3.8, 4) is 5.75 Å². The first-order valence-electron chi connectivity index (χ1n) is 10.3. The SMILES string of the molecule is CN(OC(=O)C(F)(F)F)S(=O)(=O)c1ccc(OCC(F)(F)F)c(Nc2cc(Nc3ccc(Cl)cc3)ncn2)c1. The Hall–Kier alpha value is -3.83. The van der Waals surface area contributed by atoms with Gasteiger partial charge in [0.15, 0.2) is 6.61 Å². The Balaban J connectivity index is 1.93. The van der Waals surface area contributed by atoms with Gasteiger partial charge < -0.3 is 20.2 Å². The van der Waals surface area contributed by atoms with Gasteiger partial charge in [-0.2, -0.15) is 26.3 Å². The summed E-state index contributed by atoms with van der Waals surface area (Å²) in [6.45, 7) is -1.75. The molecule has 0 saturated heterocycles. The molecular formula is C21H16ClF6N5O5S. The minimum Gasteiger partial charge on any atom is -0.482 e. The minimum atomic E-state index is -5.49. The molecule has 2 N–H and O–H groups in total. The smallest absolute Gasteiger partial charge is 0.482 e. The lowest BCUT2D eigenvalue weighted by Crippen LogP contribution is -2.36. The highest BCUT2D eigenvalue weighted by molar-refractivity contribution is 7.89. The third kappa shape index (κ3) is 8.33. The summed E-state index contributed by atoms with van der Waals surface area (Å²) in [5.41, 5.74) is 0.204. The number of halogens is 7. The molecule has 3 aromatic rings. The predicted molar refractivity (Wildman–Crippen MR) is 125 cm³/mol. The highest BCUT2D eigenvalue weighted by atomic mass is 35.5. The van der Waals surface area contributed by atoms with Crippen LogP contribution in [0.2, 0.25) is 5.02 Å². The monoisotopic (exact) mass is 599 g/mol. The zero-order valence-corrected chi connectivity index (χ0v) is 20.9. The molecule has 0 atom stereocenters. The van der Waals surface area contributed by atoms with E-state index < -0.39 is 45.6 Å². The standard InChI is InChI=1S/C21H16ClF6N5O5S/c1-33(38-19(34)21(26,27)28)39(35,36)14-6-7-16(37-10-20(23,24)25)15(8-14)32-18-9-17(29-11-30-18)31-13-4-2-12(22)3-5-13/h2-9,11H,10H2,1H3,(H2,29,30,31,32). The number of carbonyl (C=O) groups is 1. The molecule has 0 bridgehead atoms. The molecule has 1 aromatic heterocycles. The topological polar surface area (TPSA) is 123 Å². The first-order valence-corrected chi connectivity index (χ1v) is 12.1. The molecule has 0 amide bonds. The summed E-state index contributed by atoms with van der Waals surface area (Å²) >= 11 is 5.84. The molecule has 39 heavy (non-hydrogen) atoms. The van der Waals surface area contributed by atoms with Crippen molar-refractivity contribution in [2.45, 2.75) is 17.2 Å². The molecule has 210 valence electrons. The number of nitrogens with zero attached hydrogens (tertiary/aromatic N) is 3. The molecule has 0 aliphatic heterocycles. The summed E-state index contributed by atoms with van der Waals surface area (Å²) in [7, 11) is -4.38. The van der Waals surface area contributed by atoms with Crippen LogP contribution in [-0.2, 0) is 19.7 Å². The van der Waals surface area contributed by atoms with Crippen LogP contribution in [0, 0.1) is 0 Å². The molecule has 3 rings (SSSR count). The molecule has 0 unspecified atom stereocenters. The lowest BCUT2D eigenvalue weighted by Gasteiger charge is -2.19. The van der Waals surface area contributed by atoms with Crippen LogP contribution >= 0.6 is 11.6 Å². The summed E-state index contributed by atoms with van der Waals surface area (Å²) in [5.74, 6) is -3.11. The van der Waals surface area contributed by atoms with E-state index in [0.29, 0.717) is 17.8 Å². The highest BCUT2D eigenvalue weighted by Gasteiger charge is 2.44. The number of hydroxylamine groups is 1.